The lowest BCUT2D eigenvalue weighted by atomic mass is 10.2. The highest BCUT2D eigenvalue weighted by atomic mass is 16.5. The van der Waals surface area contributed by atoms with Crippen LogP contribution in [0.5, 0.6) is 5.75 Å². The molecule has 164 valence electrons. The van der Waals surface area contributed by atoms with Crippen LogP contribution in [0, 0.1) is 0 Å². The number of hydrogen-bond acceptors (Lipinski definition) is 5. The number of hydrogen-bond donors (Lipinski definition) is 1. The molecule has 2 amide bonds. The molecule has 2 aromatic rings. The van der Waals surface area contributed by atoms with E-state index in [1.165, 1.54) is 5.69 Å². The van der Waals surface area contributed by atoms with Gasteiger partial charge in [-0.05, 0) is 55.0 Å². The third kappa shape index (κ3) is 5.35. The van der Waals surface area contributed by atoms with Crippen molar-refractivity contribution in [1.29, 1.82) is 0 Å². The molecule has 2 saturated heterocycles. The second-order valence-corrected chi connectivity index (χ2v) is 8.02. The zero-order chi connectivity index (χ0) is 21.6. The molecule has 2 fully saturated rings. The Labute approximate surface area is 183 Å². The molecule has 7 nitrogen and oxygen atoms in total. The summed E-state index contributed by atoms with van der Waals surface area (Å²) in [6.45, 7) is 5.31. The van der Waals surface area contributed by atoms with Crippen LogP contribution < -0.4 is 19.9 Å². The molecule has 4 rings (SSSR count). The molecule has 0 radical (unpaired) electrons. The number of methoxy groups -OCH3 is 1. The zero-order valence-corrected chi connectivity index (χ0v) is 18.0. The number of carbonyl (C=O) groups excluding carboxylic acids is 2. The largest absolute Gasteiger partial charge is 0.497 e. The number of carbonyl (C=O) groups is 2. The lowest BCUT2D eigenvalue weighted by Crippen LogP contribution is -2.47. The molecule has 0 atom stereocenters. The van der Waals surface area contributed by atoms with Crippen molar-refractivity contribution in [1.82, 2.24) is 4.90 Å². The van der Waals surface area contributed by atoms with Crippen LogP contribution in [0.1, 0.15) is 19.3 Å². The first kappa shape index (κ1) is 21.2. The minimum absolute atomic E-state index is 0.0163. The highest BCUT2D eigenvalue weighted by Crippen LogP contribution is 2.23. The first-order chi connectivity index (χ1) is 15.1. The molecule has 1 N–H and O–H groups in total. The Morgan fingerprint density at radius 1 is 0.935 bits per heavy atom. The second kappa shape index (κ2) is 9.83. The van der Waals surface area contributed by atoms with Gasteiger partial charge in [0.2, 0.25) is 11.8 Å². The van der Waals surface area contributed by atoms with E-state index in [4.69, 9.17) is 4.74 Å². The fraction of sp³-hybridized carbons (Fsp3) is 0.417. The summed E-state index contributed by atoms with van der Waals surface area (Å²) in [5.74, 6) is 1.05. The molecule has 2 aliphatic rings. The van der Waals surface area contributed by atoms with Gasteiger partial charge < -0.3 is 19.9 Å². The Hall–Kier alpha value is -3.06. The summed E-state index contributed by atoms with van der Waals surface area (Å²) in [7, 11) is 1.68. The number of nitrogens with one attached hydrogen (secondary N) is 1. The first-order valence-corrected chi connectivity index (χ1v) is 10.9. The van der Waals surface area contributed by atoms with E-state index < -0.39 is 0 Å². The van der Waals surface area contributed by atoms with Gasteiger partial charge >= 0.3 is 0 Å². The molecule has 7 heteroatoms. The van der Waals surface area contributed by atoms with E-state index in [9.17, 15) is 9.59 Å². The van der Waals surface area contributed by atoms with Crippen LogP contribution >= 0.6 is 0 Å². The summed E-state index contributed by atoms with van der Waals surface area (Å²) >= 11 is 0. The van der Waals surface area contributed by atoms with Gasteiger partial charge in [0.05, 0.1) is 7.11 Å². The SMILES string of the molecule is COc1ccc(N2CCN(CCC(=O)Nc3ccc(N4CCCC4=O)cc3)CC2)cc1. The number of amides is 2. The molecule has 0 aliphatic carbocycles. The molecule has 2 aliphatic heterocycles. The highest BCUT2D eigenvalue weighted by Gasteiger charge is 2.21. The number of ether oxygens (including phenoxy) is 1. The number of nitrogens with zero attached hydrogens (tertiary/aromatic N) is 3. The molecule has 0 unspecified atom stereocenters. The van der Waals surface area contributed by atoms with Gasteiger partial charge in [-0.15, -0.1) is 0 Å². The van der Waals surface area contributed by atoms with Gasteiger partial charge in [0.15, 0.2) is 0 Å². The number of anilines is 3. The Balaban J connectivity index is 1.19. The molecule has 31 heavy (non-hydrogen) atoms. The van der Waals surface area contributed by atoms with Crippen LogP contribution in [0.2, 0.25) is 0 Å². The van der Waals surface area contributed by atoms with Crippen molar-refractivity contribution in [2.75, 3.05) is 61.5 Å². The van der Waals surface area contributed by atoms with E-state index in [2.05, 4.69) is 27.2 Å². The summed E-state index contributed by atoms with van der Waals surface area (Å²) < 4.78 is 5.22. The quantitative estimate of drug-likeness (QED) is 0.743. The van der Waals surface area contributed by atoms with Crippen molar-refractivity contribution in [3.63, 3.8) is 0 Å². The predicted molar refractivity (Wildman–Crippen MR) is 123 cm³/mol. The van der Waals surface area contributed by atoms with E-state index in [1.807, 2.05) is 36.4 Å². The smallest absolute Gasteiger partial charge is 0.227 e. The van der Waals surface area contributed by atoms with Crippen molar-refractivity contribution >= 4 is 28.9 Å². The number of rotatable bonds is 7. The van der Waals surface area contributed by atoms with E-state index in [-0.39, 0.29) is 11.8 Å². The Morgan fingerprint density at radius 3 is 2.23 bits per heavy atom. The standard InChI is InChI=1S/C24H30N4O3/c1-31-22-10-8-20(9-11-22)27-17-15-26(16-18-27)14-12-23(29)25-19-4-6-21(7-5-19)28-13-2-3-24(28)30/h4-11H,2-3,12-18H2,1H3,(H,25,29). The van der Waals surface area contributed by atoms with Crippen molar-refractivity contribution < 1.29 is 14.3 Å². The van der Waals surface area contributed by atoms with Gasteiger partial charge in [-0.1, -0.05) is 0 Å². The molecule has 0 spiro atoms. The lowest BCUT2D eigenvalue weighted by molar-refractivity contribution is -0.117. The minimum atomic E-state index is 0.0163. The molecule has 0 aromatic heterocycles. The summed E-state index contributed by atoms with van der Waals surface area (Å²) in [4.78, 5) is 30.7. The lowest BCUT2D eigenvalue weighted by Gasteiger charge is -2.36. The molecular formula is C24H30N4O3. The van der Waals surface area contributed by atoms with Gasteiger partial charge in [-0.25, -0.2) is 0 Å². The van der Waals surface area contributed by atoms with E-state index in [0.717, 1.165) is 62.8 Å². The minimum Gasteiger partial charge on any atom is -0.497 e. The number of piperazine rings is 1. The molecular weight excluding hydrogens is 392 g/mol. The second-order valence-electron chi connectivity index (χ2n) is 8.02. The van der Waals surface area contributed by atoms with E-state index in [1.54, 1.807) is 12.0 Å². The van der Waals surface area contributed by atoms with Crippen molar-refractivity contribution in [3.05, 3.63) is 48.5 Å². The number of benzene rings is 2. The highest BCUT2D eigenvalue weighted by molar-refractivity contribution is 5.96. The summed E-state index contributed by atoms with van der Waals surface area (Å²) in [6, 6.07) is 15.7. The van der Waals surface area contributed by atoms with Crippen LogP contribution in [-0.4, -0.2) is 63.1 Å². The van der Waals surface area contributed by atoms with Gasteiger partial charge in [-0.2, -0.15) is 0 Å². The van der Waals surface area contributed by atoms with Crippen molar-refractivity contribution in [2.24, 2.45) is 0 Å². The fourth-order valence-electron chi connectivity index (χ4n) is 4.15. The maximum Gasteiger partial charge on any atom is 0.227 e. The summed E-state index contributed by atoms with van der Waals surface area (Å²) in [6.07, 6.45) is 1.99. The van der Waals surface area contributed by atoms with E-state index in [0.29, 0.717) is 12.8 Å². The molecule has 0 bridgehead atoms. The average Bonchev–Trinajstić information content (AvgIpc) is 3.24. The van der Waals surface area contributed by atoms with Crippen LogP contribution in [0.3, 0.4) is 0 Å². The summed E-state index contributed by atoms with van der Waals surface area (Å²) in [5, 5.41) is 2.96. The molecule has 0 saturated carbocycles. The van der Waals surface area contributed by atoms with Crippen molar-refractivity contribution in [3.8, 4) is 5.75 Å². The monoisotopic (exact) mass is 422 g/mol. The van der Waals surface area contributed by atoms with Crippen molar-refractivity contribution in [2.45, 2.75) is 19.3 Å². The topological polar surface area (TPSA) is 65.1 Å². The van der Waals surface area contributed by atoms with Crippen LogP contribution in [0.25, 0.3) is 0 Å². The third-order valence-corrected chi connectivity index (χ3v) is 6.00. The third-order valence-electron chi connectivity index (χ3n) is 6.00. The van der Waals surface area contributed by atoms with E-state index >= 15 is 0 Å². The predicted octanol–water partition coefficient (Wildman–Crippen LogP) is 2.97. The van der Waals surface area contributed by atoms with Gasteiger partial charge in [-0.3, -0.25) is 14.5 Å². The molecule has 2 aromatic carbocycles. The Kier molecular flexibility index (Phi) is 6.72. The van der Waals surface area contributed by atoms with Gasteiger partial charge in [0, 0.05) is 69.2 Å². The maximum atomic E-state index is 12.4. The maximum absolute atomic E-state index is 12.4. The zero-order valence-electron chi connectivity index (χ0n) is 18.0. The van der Waals surface area contributed by atoms with Crippen LogP contribution in [-0.2, 0) is 9.59 Å². The first-order valence-electron chi connectivity index (χ1n) is 10.9. The fourth-order valence-corrected chi connectivity index (χ4v) is 4.15. The Morgan fingerprint density at radius 2 is 1.61 bits per heavy atom. The van der Waals surface area contributed by atoms with Gasteiger partial charge in [0.25, 0.3) is 0 Å². The van der Waals surface area contributed by atoms with Crippen LogP contribution in [0.15, 0.2) is 48.5 Å². The van der Waals surface area contributed by atoms with Crippen LogP contribution in [0.4, 0.5) is 17.1 Å². The summed E-state index contributed by atoms with van der Waals surface area (Å²) in [5.41, 5.74) is 2.87. The average molecular weight is 423 g/mol. The Bertz CT molecular complexity index is 890. The molecule has 2 heterocycles. The van der Waals surface area contributed by atoms with Gasteiger partial charge in [0.1, 0.15) is 5.75 Å². The normalized spacial score (nSPS) is 17.1.